The molecule has 0 spiro atoms. The van der Waals surface area contributed by atoms with E-state index in [4.69, 9.17) is 4.74 Å². The van der Waals surface area contributed by atoms with Gasteiger partial charge in [-0.1, -0.05) is 19.9 Å². The summed E-state index contributed by atoms with van der Waals surface area (Å²) in [7, 11) is 0. The van der Waals surface area contributed by atoms with Crippen LogP contribution in [0.3, 0.4) is 0 Å². The molecule has 3 aliphatic heterocycles. The van der Waals surface area contributed by atoms with Crippen molar-refractivity contribution < 1.29 is 19.1 Å². The summed E-state index contributed by atoms with van der Waals surface area (Å²) in [5.41, 5.74) is 1.94. The second-order valence-electron chi connectivity index (χ2n) is 10.9. The van der Waals surface area contributed by atoms with Crippen molar-refractivity contribution in [3.05, 3.63) is 53.9 Å². The summed E-state index contributed by atoms with van der Waals surface area (Å²) in [6, 6.07) is 8.90. The molecule has 0 radical (unpaired) electrons. The number of carbonyl (C=O) groups is 3. The highest BCUT2D eigenvalue weighted by atomic mass is 16.5. The van der Waals surface area contributed by atoms with Crippen LogP contribution in [0.4, 0.5) is 16.2 Å². The van der Waals surface area contributed by atoms with Gasteiger partial charge < -0.3 is 14.5 Å². The van der Waals surface area contributed by atoms with Gasteiger partial charge in [-0.2, -0.15) is 0 Å². The Morgan fingerprint density at radius 2 is 1.72 bits per heavy atom. The smallest absolute Gasteiger partial charge is 0.332 e. The number of imide groups is 1. The molecule has 1 aromatic heterocycles. The topological polar surface area (TPSA) is 86.3 Å². The van der Waals surface area contributed by atoms with Crippen molar-refractivity contribution in [1.29, 1.82) is 0 Å². The van der Waals surface area contributed by atoms with Crippen molar-refractivity contribution in [3.63, 3.8) is 0 Å². The van der Waals surface area contributed by atoms with Crippen LogP contribution in [0.1, 0.15) is 38.8 Å². The third-order valence-electron chi connectivity index (χ3n) is 7.49. The van der Waals surface area contributed by atoms with Crippen molar-refractivity contribution in [2.45, 2.75) is 45.2 Å². The highest BCUT2D eigenvalue weighted by Gasteiger charge is 2.52. The summed E-state index contributed by atoms with van der Waals surface area (Å²) in [5, 5.41) is 0. The van der Waals surface area contributed by atoms with Gasteiger partial charge in [-0.3, -0.25) is 19.5 Å². The van der Waals surface area contributed by atoms with E-state index in [2.05, 4.69) is 23.7 Å². The first-order valence-corrected chi connectivity index (χ1v) is 12.4. The normalized spacial score (nSPS) is 21.3. The zero-order chi connectivity index (χ0) is 25.7. The lowest BCUT2D eigenvalue weighted by Gasteiger charge is -2.28. The van der Waals surface area contributed by atoms with Gasteiger partial charge in [0.05, 0.1) is 25.4 Å². The number of pyridine rings is 1. The molecule has 2 fully saturated rings. The van der Waals surface area contributed by atoms with Crippen LogP contribution in [0.25, 0.3) is 0 Å². The summed E-state index contributed by atoms with van der Waals surface area (Å²) in [6.07, 6.45) is 3.35. The average Bonchev–Trinajstić information content (AvgIpc) is 3.22. The zero-order valence-corrected chi connectivity index (χ0v) is 21.4. The van der Waals surface area contributed by atoms with E-state index < -0.39 is 5.54 Å². The minimum atomic E-state index is -1.01. The molecular weight excluding hydrogens is 458 g/mol. The van der Waals surface area contributed by atoms with Crippen molar-refractivity contribution in [3.8, 4) is 0 Å². The van der Waals surface area contributed by atoms with Crippen molar-refractivity contribution in [2.75, 3.05) is 49.2 Å². The van der Waals surface area contributed by atoms with E-state index >= 15 is 0 Å². The Bertz CT molecular complexity index is 1190. The number of rotatable bonds is 5. The molecule has 0 N–H and O–H groups in total. The Labute approximate surface area is 211 Å². The second-order valence-corrected chi connectivity index (χ2v) is 10.9. The summed E-state index contributed by atoms with van der Waals surface area (Å²) in [6.45, 7) is 11.6. The maximum Gasteiger partial charge on any atom is 0.332 e. The Kier molecular flexibility index (Phi) is 6.08. The molecule has 0 unspecified atom stereocenters. The van der Waals surface area contributed by atoms with Gasteiger partial charge in [0, 0.05) is 49.7 Å². The Hall–Kier alpha value is -3.30. The molecule has 0 aliphatic carbocycles. The predicted molar refractivity (Wildman–Crippen MR) is 136 cm³/mol. The second kappa shape index (κ2) is 8.97. The first-order valence-electron chi connectivity index (χ1n) is 12.4. The van der Waals surface area contributed by atoms with E-state index in [1.165, 1.54) is 4.90 Å². The molecule has 9 nitrogen and oxygen atoms in total. The van der Waals surface area contributed by atoms with Gasteiger partial charge in [0.25, 0.3) is 5.91 Å². The Morgan fingerprint density at radius 3 is 2.42 bits per heavy atom. The Balaban J connectivity index is 1.44. The number of carbonyl (C=O) groups excluding carboxylic acids is 3. The van der Waals surface area contributed by atoms with E-state index in [-0.39, 0.29) is 23.3 Å². The lowest BCUT2D eigenvalue weighted by Crippen LogP contribution is -2.45. The van der Waals surface area contributed by atoms with Gasteiger partial charge in [-0.15, -0.1) is 0 Å². The number of amides is 4. The van der Waals surface area contributed by atoms with E-state index in [9.17, 15) is 14.4 Å². The quantitative estimate of drug-likeness (QED) is 0.598. The van der Waals surface area contributed by atoms with Crippen LogP contribution in [0.2, 0.25) is 0 Å². The number of hydrogen-bond acceptors (Lipinski definition) is 6. The van der Waals surface area contributed by atoms with E-state index in [0.29, 0.717) is 38.5 Å². The van der Waals surface area contributed by atoms with E-state index in [1.807, 2.05) is 30.3 Å². The molecule has 4 amide bonds. The highest BCUT2D eigenvalue weighted by Crippen LogP contribution is 2.44. The fraction of sp³-hybridized carbons (Fsp3) is 0.481. The number of benzene rings is 1. The van der Waals surface area contributed by atoms with Crippen LogP contribution in [0.5, 0.6) is 0 Å². The van der Waals surface area contributed by atoms with Crippen molar-refractivity contribution in [1.82, 2.24) is 14.8 Å². The third kappa shape index (κ3) is 4.16. The molecule has 2 saturated heterocycles. The van der Waals surface area contributed by atoms with Gasteiger partial charge >= 0.3 is 6.03 Å². The van der Waals surface area contributed by atoms with Gasteiger partial charge in [-0.25, -0.2) is 9.69 Å². The van der Waals surface area contributed by atoms with E-state index in [1.54, 1.807) is 36.0 Å². The molecule has 0 atom stereocenters. The summed E-state index contributed by atoms with van der Waals surface area (Å²) in [5.74, 6) is -0.274. The first-order chi connectivity index (χ1) is 17.1. The SMILES string of the molecule is CC1(C)CN(C(=O)CN2CCOCC2)c2cc(N3C(=O)N(Cc4ccncc4)C(C)(C)C3=O)ccc21. The fourth-order valence-corrected chi connectivity index (χ4v) is 5.28. The minimum Gasteiger partial charge on any atom is -0.379 e. The van der Waals surface area contributed by atoms with Crippen molar-refractivity contribution in [2.24, 2.45) is 0 Å². The molecule has 0 saturated carbocycles. The maximum atomic E-state index is 13.6. The molecule has 5 rings (SSSR count). The van der Waals surface area contributed by atoms with Gasteiger partial charge in [0.15, 0.2) is 0 Å². The molecule has 1 aromatic carbocycles. The lowest BCUT2D eigenvalue weighted by atomic mass is 9.87. The zero-order valence-electron chi connectivity index (χ0n) is 21.4. The molecule has 0 bridgehead atoms. The number of anilines is 2. The van der Waals surface area contributed by atoms with Crippen LogP contribution in [0, 0.1) is 0 Å². The number of hydrogen-bond donors (Lipinski definition) is 0. The first kappa shape index (κ1) is 24.4. The van der Waals surface area contributed by atoms with E-state index in [0.717, 1.165) is 29.9 Å². The molecule has 36 heavy (non-hydrogen) atoms. The largest absolute Gasteiger partial charge is 0.379 e. The summed E-state index contributed by atoms with van der Waals surface area (Å²) >= 11 is 0. The number of urea groups is 1. The van der Waals surface area contributed by atoms with Gasteiger partial charge in [-0.05, 0) is 49.2 Å². The molecule has 9 heteroatoms. The van der Waals surface area contributed by atoms with Gasteiger partial charge in [0.2, 0.25) is 5.91 Å². The van der Waals surface area contributed by atoms with Crippen LogP contribution in [-0.2, 0) is 26.3 Å². The maximum absolute atomic E-state index is 13.6. The van der Waals surface area contributed by atoms with Crippen LogP contribution in [0.15, 0.2) is 42.7 Å². The number of aromatic nitrogens is 1. The van der Waals surface area contributed by atoms with Gasteiger partial charge in [0.1, 0.15) is 5.54 Å². The summed E-state index contributed by atoms with van der Waals surface area (Å²) in [4.78, 5) is 51.2. The summed E-state index contributed by atoms with van der Waals surface area (Å²) < 4.78 is 5.41. The monoisotopic (exact) mass is 491 g/mol. The van der Waals surface area contributed by atoms with Crippen molar-refractivity contribution >= 4 is 29.2 Å². The lowest BCUT2D eigenvalue weighted by molar-refractivity contribution is -0.123. The predicted octanol–water partition coefficient (Wildman–Crippen LogP) is 2.79. The highest BCUT2D eigenvalue weighted by molar-refractivity contribution is 6.23. The molecular formula is C27H33N5O4. The third-order valence-corrected chi connectivity index (χ3v) is 7.49. The van der Waals surface area contributed by atoms with Crippen LogP contribution in [-0.4, -0.2) is 77.6 Å². The number of fused-ring (bicyclic) bond motifs is 1. The standard InChI is InChI=1S/C27H33N5O4/c1-26(2)18-30(23(33)17-29-11-13-36-14-12-29)22-15-20(5-6-21(22)26)32-24(34)27(3,4)31(25(32)35)16-19-7-9-28-10-8-19/h5-10,15H,11-14,16-18H2,1-4H3. The average molecular weight is 492 g/mol. The Morgan fingerprint density at radius 1 is 1.03 bits per heavy atom. The minimum absolute atomic E-state index is 0.0135. The van der Waals surface area contributed by atoms with Crippen LogP contribution < -0.4 is 9.80 Å². The molecule has 3 aliphatic rings. The molecule has 2 aromatic rings. The fourth-order valence-electron chi connectivity index (χ4n) is 5.28. The molecule has 4 heterocycles. The number of morpholine rings is 1. The number of ether oxygens (including phenoxy) is 1. The molecule has 190 valence electrons. The van der Waals surface area contributed by atoms with Crippen LogP contribution >= 0.6 is 0 Å². The number of nitrogens with zero attached hydrogens (tertiary/aromatic N) is 5.